The van der Waals surface area contributed by atoms with Crippen LogP contribution in [0.1, 0.15) is 24.6 Å². The highest BCUT2D eigenvalue weighted by Gasteiger charge is 2.11. The van der Waals surface area contributed by atoms with Crippen molar-refractivity contribution in [2.75, 3.05) is 51.4 Å². The van der Waals surface area contributed by atoms with E-state index in [1.54, 1.807) is 36.2 Å². The fourth-order valence-electron chi connectivity index (χ4n) is 3.23. The summed E-state index contributed by atoms with van der Waals surface area (Å²) in [6.45, 7) is 6.78. The molecule has 1 aliphatic heterocycles. The first kappa shape index (κ1) is 21.7. The van der Waals surface area contributed by atoms with Crippen LogP contribution < -0.4 is 9.64 Å². The Balaban J connectivity index is 1.32. The van der Waals surface area contributed by atoms with Gasteiger partial charge in [-0.25, -0.2) is 14.5 Å². The van der Waals surface area contributed by atoms with Crippen molar-refractivity contribution in [3.63, 3.8) is 0 Å². The van der Waals surface area contributed by atoms with E-state index in [2.05, 4.69) is 31.8 Å². The van der Waals surface area contributed by atoms with Crippen LogP contribution in [-0.4, -0.2) is 76.9 Å². The number of pyridine rings is 1. The molecular weight excluding hydrogens is 408 g/mol. The van der Waals surface area contributed by atoms with Crippen LogP contribution in [0.2, 0.25) is 0 Å². The van der Waals surface area contributed by atoms with Gasteiger partial charge in [0.2, 0.25) is 5.91 Å². The van der Waals surface area contributed by atoms with E-state index in [1.807, 2.05) is 12.1 Å². The summed E-state index contributed by atoms with van der Waals surface area (Å²) in [4.78, 5) is 24.1. The number of aromatic nitrogens is 4. The summed E-state index contributed by atoms with van der Waals surface area (Å²) in [5.41, 5.74) is 1.98. The number of hydrogen-bond acceptors (Lipinski definition) is 7. The molecule has 0 bridgehead atoms. The van der Waals surface area contributed by atoms with Crippen LogP contribution in [0.5, 0.6) is 5.75 Å². The van der Waals surface area contributed by atoms with Gasteiger partial charge in [-0.2, -0.15) is 0 Å². The van der Waals surface area contributed by atoms with Crippen molar-refractivity contribution in [2.45, 2.75) is 13.3 Å². The van der Waals surface area contributed by atoms with E-state index in [1.165, 1.54) is 11.8 Å². The minimum absolute atomic E-state index is 0.0935. The Bertz CT molecular complexity index is 1130. The van der Waals surface area contributed by atoms with Gasteiger partial charge in [-0.15, -0.1) is 5.10 Å². The van der Waals surface area contributed by atoms with E-state index in [0.717, 1.165) is 45.0 Å². The Morgan fingerprint density at radius 3 is 2.81 bits per heavy atom. The van der Waals surface area contributed by atoms with Crippen molar-refractivity contribution >= 4 is 17.4 Å². The van der Waals surface area contributed by atoms with Gasteiger partial charge >= 0.3 is 0 Å². The number of amides is 1. The van der Waals surface area contributed by atoms with Gasteiger partial charge in [0.1, 0.15) is 11.4 Å². The van der Waals surface area contributed by atoms with Crippen LogP contribution in [0.4, 0.5) is 5.82 Å². The van der Waals surface area contributed by atoms with Crippen molar-refractivity contribution in [3.05, 3.63) is 48.0 Å². The van der Waals surface area contributed by atoms with Gasteiger partial charge in [-0.3, -0.25) is 14.6 Å². The third-order valence-corrected chi connectivity index (χ3v) is 5.18. The lowest BCUT2D eigenvalue weighted by molar-refractivity contribution is -0.116. The monoisotopic (exact) mass is 434 g/mol. The van der Waals surface area contributed by atoms with E-state index in [-0.39, 0.29) is 5.91 Å². The number of ether oxygens (including phenoxy) is 2. The molecule has 3 aromatic rings. The first-order chi connectivity index (χ1) is 15.6. The minimum atomic E-state index is -0.0935. The molecule has 4 rings (SSSR count). The summed E-state index contributed by atoms with van der Waals surface area (Å²) in [6, 6.07) is 5.47. The number of morpholine rings is 1. The first-order valence-corrected chi connectivity index (χ1v) is 10.6. The Labute approximate surface area is 187 Å². The Morgan fingerprint density at radius 2 is 2.06 bits per heavy atom. The highest BCUT2D eigenvalue weighted by atomic mass is 16.5. The van der Waals surface area contributed by atoms with Crippen LogP contribution in [0.3, 0.4) is 0 Å². The molecule has 1 fully saturated rings. The number of carbonyl (C=O) groups is 1. The predicted octanol–water partition coefficient (Wildman–Crippen LogP) is 1.61. The van der Waals surface area contributed by atoms with Crippen LogP contribution in [0.15, 0.2) is 36.8 Å². The van der Waals surface area contributed by atoms with Gasteiger partial charge in [0.25, 0.3) is 0 Å². The summed E-state index contributed by atoms with van der Waals surface area (Å²) in [6.07, 6.45) is 6.11. The van der Waals surface area contributed by atoms with Crippen LogP contribution in [0.25, 0.3) is 5.65 Å². The molecule has 0 N–H and O–H groups in total. The average molecular weight is 435 g/mol. The van der Waals surface area contributed by atoms with Gasteiger partial charge < -0.3 is 9.47 Å². The van der Waals surface area contributed by atoms with Crippen molar-refractivity contribution < 1.29 is 14.3 Å². The molecule has 166 valence electrons. The lowest BCUT2D eigenvalue weighted by Crippen LogP contribution is -2.37. The number of carbonyl (C=O) groups excluding carboxylic acids is 1. The molecule has 0 radical (unpaired) electrons. The summed E-state index contributed by atoms with van der Waals surface area (Å²) < 4.78 is 12.8. The highest BCUT2D eigenvalue weighted by Crippen LogP contribution is 2.14. The lowest BCUT2D eigenvalue weighted by Gasteiger charge is -2.26. The van der Waals surface area contributed by atoms with Gasteiger partial charge in [0, 0.05) is 52.1 Å². The van der Waals surface area contributed by atoms with E-state index >= 15 is 0 Å². The Morgan fingerprint density at radius 1 is 1.22 bits per heavy atom. The normalized spacial score (nSPS) is 14.1. The third kappa shape index (κ3) is 5.60. The SMILES string of the molecule is CC(=O)N(C)c1cc2ncc(C#Cc3ccc(OCCCN4CCOCC4)cn3)cn2n1. The summed E-state index contributed by atoms with van der Waals surface area (Å²) in [5.74, 6) is 7.26. The van der Waals surface area contributed by atoms with E-state index < -0.39 is 0 Å². The number of anilines is 1. The molecule has 32 heavy (non-hydrogen) atoms. The molecule has 9 nitrogen and oxygen atoms in total. The second-order valence-electron chi connectivity index (χ2n) is 7.51. The number of nitrogens with zero attached hydrogens (tertiary/aromatic N) is 6. The molecule has 0 unspecified atom stereocenters. The zero-order valence-corrected chi connectivity index (χ0v) is 18.3. The lowest BCUT2D eigenvalue weighted by atomic mass is 10.3. The molecular formula is C23H26N6O3. The minimum Gasteiger partial charge on any atom is -0.492 e. The van der Waals surface area contributed by atoms with E-state index in [9.17, 15) is 4.79 Å². The van der Waals surface area contributed by atoms with Crippen LogP contribution >= 0.6 is 0 Å². The predicted molar refractivity (Wildman–Crippen MR) is 120 cm³/mol. The fraction of sp³-hybridized carbons (Fsp3) is 0.391. The zero-order valence-electron chi connectivity index (χ0n) is 18.3. The van der Waals surface area contributed by atoms with Crippen molar-refractivity contribution in [1.82, 2.24) is 24.5 Å². The largest absolute Gasteiger partial charge is 0.492 e. The standard InChI is InChI=1S/C23H26N6O3/c1-18(30)27(2)23-14-22-25-15-19(17-29(22)26-23)4-5-20-6-7-21(16-24-20)32-11-3-8-28-9-12-31-13-10-28/h6-7,14-17H,3,8-13H2,1-2H3. The Hall–Kier alpha value is -3.48. The molecule has 3 aromatic heterocycles. The van der Waals surface area contributed by atoms with E-state index in [0.29, 0.717) is 29.3 Å². The van der Waals surface area contributed by atoms with Gasteiger partial charge in [0.15, 0.2) is 11.5 Å². The topological polar surface area (TPSA) is 85.1 Å². The van der Waals surface area contributed by atoms with Crippen molar-refractivity contribution in [3.8, 4) is 17.6 Å². The second kappa shape index (κ2) is 10.2. The number of fused-ring (bicyclic) bond motifs is 1. The van der Waals surface area contributed by atoms with Gasteiger partial charge in [-0.1, -0.05) is 5.92 Å². The molecule has 1 saturated heterocycles. The molecule has 1 amide bonds. The van der Waals surface area contributed by atoms with Crippen LogP contribution in [0, 0.1) is 11.8 Å². The maximum Gasteiger partial charge on any atom is 0.224 e. The smallest absolute Gasteiger partial charge is 0.224 e. The van der Waals surface area contributed by atoms with Gasteiger partial charge in [0.05, 0.1) is 31.6 Å². The maximum atomic E-state index is 11.5. The third-order valence-electron chi connectivity index (χ3n) is 5.18. The van der Waals surface area contributed by atoms with Gasteiger partial charge in [-0.05, 0) is 24.5 Å². The maximum absolute atomic E-state index is 11.5. The first-order valence-electron chi connectivity index (χ1n) is 10.6. The molecule has 9 heteroatoms. The fourth-order valence-corrected chi connectivity index (χ4v) is 3.23. The summed E-state index contributed by atoms with van der Waals surface area (Å²) in [7, 11) is 1.67. The zero-order chi connectivity index (χ0) is 22.3. The number of hydrogen-bond donors (Lipinski definition) is 0. The quantitative estimate of drug-likeness (QED) is 0.430. The highest BCUT2D eigenvalue weighted by molar-refractivity contribution is 5.90. The van der Waals surface area contributed by atoms with Crippen molar-refractivity contribution in [1.29, 1.82) is 0 Å². The Kier molecular flexibility index (Phi) is 6.94. The number of rotatable bonds is 6. The molecule has 0 aromatic carbocycles. The molecule has 0 spiro atoms. The molecule has 0 saturated carbocycles. The van der Waals surface area contributed by atoms with Crippen molar-refractivity contribution in [2.24, 2.45) is 0 Å². The van der Waals surface area contributed by atoms with Crippen LogP contribution in [-0.2, 0) is 9.53 Å². The average Bonchev–Trinajstić information content (AvgIpc) is 3.25. The molecule has 0 atom stereocenters. The summed E-state index contributed by atoms with van der Waals surface area (Å²) >= 11 is 0. The molecule has 0 aliphatic carbocycles. The summed E-state index contributed by atoms with van der Waals surface area (Å²) in [5, 5.41) is 4.38. The second-order valence-corrected chi connectivity index (χ2v) is 7.51. The van der Waals surface area contributed by atoms with E-state index in [4.69, 9.17) is 9.47 Å². The molecule has 1 aliphatic rings. The molecule has 4 heterocycles.